The quantitative estimate of drug-likeness (QED) is 0.536. The van der Waals surface area contributed by atoms with Crippen molar-refractivity contribution in [3.63, 3.8) is 0 Å². The van der Waals surface area contributed by atoms with Crippen LogP contribution in [0.1, 0.15) is 43.1 Å². The average molecular weight is 428 g/mol. The van der Waals surface area contributed by atoms with Crippen molar-refractivity contribution in [1.29, 1.82) is 0 Å². The van der Waals surface area contributed by atoms with Crippen LogP contribution < -0.4 is 5.56 Å². The van der Waals surface area contributed by atoms with Gasteiger partial charge in [0.15, 0.2) is 5.65 Å². The summed E-state index contributed by atoms with van der Waals surface area (Å²) in [5.41, 5.74) is 1.24. The minimum atomic E-state index is -2.66. The van der Waals surface area contributed by atoms with Crippen LogP contribution in [0.5, 0.6) is 0 Å². The zero-order valence-corrected chi connectivity index (χ0v) is 16.4. The number of hydrogen-bond donors (Lipinski definition) is 1. The molecule has 3 aromatic heterocycles. The number of nitrogens with one attached hydrogen (secondary N) is 1. The molecule has 1 aromatic carbocycles. The van der Waals surface area contributed by atoms with Crippen LogP contribution in [0.3, 0.4) is 0 Å². The van der Waals surface area contributed by atoms with Crippen LogP contribution in [-0.4, -0.2) is 35.5 Å². The van der Waals surface area contributed by atoms with Crippen LogP contribution in [0.2, 0.25) is 0 Å². The van der Waals surface area contributed by atoms with E-state index in [1.807, 2.05) is 0 Å². The van der Waals surface area contributed by atoms with E-state index < -0.39 is 11.7 Å². The fraction of sp³-hybridized carbons (Fsp3) is 0.333. The maximum absolute atomic E-state index is 13.9. The SMILES string of the molecule is O=c1[nH]c(Cc2cc(F)ccc2-n2cccn2)nc2c1cnn2C1CCC(F)(F)CC1. The Balaban J connectivity index is 1.52. The molecule has 0 unspecified atom stereocenters. The fourth-order valence-electron chi connectivity index (χ4n) is 4.11. The monoisotopic (exact) mass is 428 g/mol. The van der Waals surface area contributed by atoms with Crippen LogP contribution in [0.15, 0.2) is 47.7 Å². The Morgan fingerprint density at radius 3 is 2.74 bits per heavy atom. The molecule has 1 fully saturated rings. The molecule has 10 heteroatoms. The van der Waals surface area contributed by atoms with Gasteiger partial charge in [-0.15, -0.1) is 0 Å². The highest BCUT2D eigenvalue weighted by molar-refractivity contribution is 5.73. The van der Waals surface area contributed by atoms with Gasteiger partial charge in [-0.1, -0.05) is 0 Å². The maximum atomic E-state index is 13.9. The average Bonchev–Trinajstić information content (AvgIpc) is 3.39. The summed E-state index contributed by atoms with van der Waals surface area (Å²) < 4.78 is 44.2. The van der Waals surface area contributed by atoms with Crippen molar-refractivity contribution in [3.05, 3.63) is 70.4 Å². The lowest BCUT2D eigenvalue weighted by atomic mass is 9.92. The minimum Gasteiger partial charge on any atom is -0.310 e. The second-order valence-electron chi connectivity index (χ2n) is 7.83. The van der Waals surface area contributed by atoms with Crippen molar-refractivity contribution in [3.8, 4) is 5.69 Å². The summed E-state index contributed by atoms with van der Waals surface area (Å²) in [5, 5.41) is 8.75. The van der Waals surface area contributed by atoms with Crippen LogP contribution >= 0.6 is 0 Å². The standard InChI is InChI=1S/C21H19F3N6O/c22-14-2-3-17(29-9-1-8-25-29)13(10-14)11-18-27-19-16(20(31)28-18)12-26-30(19)15-4-6-21(23,24)7-5-15/h1-3,8-10,12,15H,4-7,11H2,(H,27,28,31). The number of halogens is 3. The van der Waals surface area contributed by atoms with E-state index in [9.17, 15) is 18.0 Å². The van der Waals surface area contributed by atoms with Crippen molar-refractivity contribution in [2.24, 2.45) is 0 Å². The summed E-state index contributed by atoms with van der Waals surface area (Å²) in [5.74, 6) is -2.74. The highest BCUT2D eigenvalue weighted by Crippen LogP contribution is 2.38. The molecule has 0 aliphatic heterocycles. The van der Waals surface area contributed by atoms with Crippen molar-refractivity contribution in [2.75, 3.05) is 0 Å². The molecule has 0 spiro atoms. The van der Waals surface area contributed by atoms with E-state index in [2.05, 4.69) is 20.2 Å². The second-order valence-corrected chi connectivity index (χ2v) is 7.83. The summed E-state index contributed by atoms with van der Waals surface area (Å²) in [7, 11) is 0. The van der Waals surface area contributed by atoms with E-state index in [1.54, 1.807) is 33.9 Å². The second kappa shape index (κ2) is 7.36. The first kappa shape index (κ1) is 19.5. The molecule has 0 bridgehead atoms. The first-order valence-electron chi connectivity index (χ1n) is 10.0. The van der Waals surface area contributed by atoms with E-state index in [0.717, 1.165) is 0 Å². The number of hydrogen-bond acceptors (Lipinski definition) is 4. The molecule has 0 amide bonds. The molecule has 0 atom stereocenters. The van der Waals surface area contributed by atoms with E-state index in [0.29, 0.717) is 28.1 Å². The van der Waals surface area contributed by atoms with Gasteiger partial charge in [-0.2, -0.15) is 10.2 Å². The van der Waals surface area contributed by atoms with Crippen molar-refractivity contribution < 1.29 is 13.2 Å². The zero-order chi connectivity index (χ0) is 21.6. The fourth-order valence-corrected chi connectivity index (χ4v) is 4.11. The molecule has 0 saturated heterocycles. The van der Waals surface area contributed by atoms with E-state index in [-0.39, 0.29) is 43.7 Å². The molecule has 160 valence electrons. The third-order valence-corrected chi connectivity index (χ3v) is 5.70. The lowest BCUT2D eigenvalue weighted by molar-refractivity contribution is -0.0446. The number of H-pyrrole nitrogens is 1. The van der Waals surface area contributed by atoms with E-state index in [4.69, 9.17) is 0 Å². The van der Waals surface area contributed by atoms with Crippen molar-refractivity contribution in [2.45, 2.75) is 44.1 Å². The first-order valence-corrected chi connectivity index (χ1v) is 10.0. The normalized spacial score (nSPS) is 16.7. The molecule has 4 aromatic rings. The summed E-state index contributed by atoms with van der Waals surface area (Å²) in [6.45, 7) is 0. The molecule has 0 radical (unpaired) electrons. The minimum absolute atomic E-state index is 0.159. The number of rotatable bonds is 4. The Morgan fingerprint density at radius 2 is 2.00 bits per heavy atom. The molecule has 1 N–H and O–H groups in total. The van der Waals surface area contributed by atoms with Crippen LogP contribution in [0, 0.1) is 5.82 Å². The number of aromatic nitrogens is 6. The Kier molecular flexibility index (Phi) is 4.64. The summed E-state index contributed by atoms with van der Waals surface area (Å²) in [6, 6.07) is 5.84. The summed E-state index contributed by atoms with van der Waals surface area (Å²) >= 11 is 0. The first-order chi connectivity index (χ1) is 14.9. The number of nitrogens with zero attached hydrogens (tertiary/aromatic N) is 5. The smallest absolute Gasteiger partial charge is 0.262 e. The molecular formula is C21H19F3N6O. The Labute approximate surface area is 174 Å². The number of alkyl halides is 2. The molecule has 3 heterocycles. The lowest BCUT2D eigenvalue weighted by Gasteiger charge is -2.28. The van der Waals surface area contributed by atoms with Gasteiger partial charge in [-0.3, -0.25) is 4.79 Å². The van der Waals surface area contributed by atoms with Crippen molar-refractivity contribution in [1.82, 2.24) is 29.5 Å². The van der Waals surface area contributed by atoms with Gasteiger partial charge >= 0.3 is 0 Å². The molecule has 5 rings (SSSR count). The highest BCUT2D eigenvalue weighted by Gasteiger charge is 2.36. The third kappa shape index (κ3) is 3.73. The summed E-state index contributed by atoms with van der Waals surface area (Å²) in [4.78, 5) is 19.9. The zero-order valence-electron chi connectivity index (χ0n) is 16.4. The van der Waals surface area contributed by atoms with Gasteiger partial charge in [-0.25, -0.2) is 27.5 Å². The number of fused-ring (bicyclic) bond motifs is 1. The molecule has 1 aliphatic rings. The van der Waals surface area contributed by atoms with Crippen LogP contribution in [0.25, 0.3) is 16.7 Å². The highest BCUT2D eigenvalue weighted by atomic mass is 19.3. The number of aromatic amines is 1. The Bertz CT molecular complexity index is 1280. The Morgan fingerprint density at radius 1 is 1.19 bits per heavy atom. The largest absolute Gasteiger partial charge is 0.310 e. The van der Waals surface area contributed by atoms with E-state index >= 15 is 0 Å². The van der Waals surface area contributed by atoms with Crippen LogP contribution in [0.4, 0.5) is 13.2 Å². The van der Waals surface area contributed by atoms with Crippen molar-refractivity contribution >= 4 is 11.0 Å². The topological polar surface area (TPSA) is 81.4 Å². The van der Waals surface area contributed by atoms with Gasteiger partial charge in [-0.05, 0) is 42.7 Å². The van der Waals surface area contributed by atoms with Gasteiger partial charge in [0.25, 0.3) is 5.56 Å². The summed E-state index contributed by atoms with van der Waals surface area (Å²) in [6.07, 6.45) is 5.02. The predicted octanol–water partition coefficient (Wildman–Crippen LogP) is 3.79. The molecule has 1 saturated carbocycles. The van der Waals surface area contributed by atoms with Gasteiger partial charge in [0.05, 0.1) is 17.9 Å². The maximum Gasteiger partial charge on any atom is 0.262 e. The predicted molar refractivity (Wildman–Crippen MR) is 107 cm³/mol. The van der Waals surface area contributed by atoms with Gasteiger partial charge in [0, 0.05) is 31.7 Å². The number of benzene rings is 1. The lowest BCUT2D eigenvalue weighted by Crippen LogP contribution is -2.27. The third-order valence-electron chi connectivity index (χ3n) is 5.70. The molecular weight excluding hydrogens is 409 g/mol. The molecule has 1 aliphatic carbocycles. The molecule has 7 nitrogen and oxygen atoms in total. The molecule has 31 heavy (non-hydrogen) atoms. The van der Waals surface area contributed by atoms with E-state index in [1.165, 1.54) is 18.3 Å². The van der Waals surface area contributed by atoms with Gasteiger partial charge in [0.2, 0.25) is 5.92 Å². The Hall–Kier alpha value is -3.43. The van der Waals surface area contributed by atoms with Crippen LogP contribution in [-0.2, 0) is 6.42 Å². The van der Waals surface area contributed by atoms with Gasteiger partial charge in [0.1, 0.15) is 17.0 Å². The van der Waals surface area contributed by atoms with Gasteiger partial charge < -0.3 is 4.98 Å².